The van der Waals surface area contributed by atoms with E-state index in [1.54, 1.807) is 0 Å². The number of anilines is 1. The van der Waals surface area contributed by atoms with Crippen molar-refractivity contribution in [2.75, 3.05) is 5.73 Å². The van der Waals surface area contributed by atoms with Gasteiger partial charge in [0.05, 0.1) is 5.69 Å². The van der Waals surface area contributed by atoms with Crippen LogP contribution in [0.3, 0.4) is 0 Å². The standard InChI is InChI=1S/C13H10BrF2NO/c14-9-3-1-8(2-4-9)7-18-13-6-10(15)12(17)5-11(13)16/h1-6H,7,17H2. The first-order valence-electron chi connectivity index (χ1n) is 5.18. The number of ether oxygens (including phenoxy) is 1. The van der Waals surface area contributed by atoms with Crippen LogP contribution in [0.1, 0.15) is 5.56 Å². The van der Waals surface area contributed by atoms with E-state index in [4.69, 9.17) is 10.5 Å². The van der Waals surface area contributed by atoms with Crippen molar-refractivity contribution in [1.82, 2.24) is 0 Å². The lowest BCUT2D eigenvalue weighted by Gasteiger charge is -2.08. The number of halogens is 3. The van der Waals surface area contributed by atoms with Crippen LogP contribution in [0.5, 0.6) is 5.75 Å². The lowest BCUT2D eigenvalue weighted by molar-refractivity contribution is 0.288. The first-order valence-corrected chi connectivity index (χ1v) is 5.97. The van der Waals surface area contributed by atoms with E-state index in [-0.39, 0.29) is 18.0 Å². The third-order valence-corrected chi connectivity index (χ3v) is 2.89. The average molecular weight is 314 g/mol. The van der Waals surface area contributed by atoms with E-state index in [0.717, 1.165) is 22.2 Å². The SMILES string of the molecule is Nc1cc(F)c(OCc2ccc(Br)cc2)cc1F. The van der Waals surface area contributed by atoms with Gasteiger partial charge in [-0.2, -0.15) is 0 Å². The van der Waals surface area contributed by atoms with Crippen LogP contribution in [0.2, 0.25) is 0 Å². The number of rotatable bonds is 3. The van der Waals surface area contributed by atoms with Gasteiger partial charge in [0.1, 0.15) is 12.4 Å². The molecule has 0 bridgehead atoms. The Morgan fingerprint density at radius 1 is 1.06 bits per heavy atom. The van der Waals surface area contributed by atoms with Crippen LogP contribution in [0.4, 0.5) is 14.5 Å². The summed E-state index contributed by atoms with van der Waals surface area (Å²) in [6.45, 7) is 0.160. The van der Waals surface area contributed by atoms with Crippen LogP contribution in [-0.2, 0) is 6.61 Å². The third-order valence-electron chi connectivity index (χ3n) is 2.36. The highest BCUT2D eigenvalue weighted by Gasteiger charge is 2.09. The van der Waals surface area contributed by atoms with Crippen LogP contribution >= 0.6 is 15.9 Å². The van der Waals surface area contributed by atoms with Gasteiger partial charge in [-0.3, -0.25) is 0 Å². The Kier molecular flexibility index (Phi) is 3.81. The zero-order chi connectivity index (χ0) is 13.1. The maximum atomic E-state index is 13.4. The molecule has 2 rings (SSSR count). The molecule has 0 aromatic heterocycles. The molecule has 2 nitrogen and oxygen atoms in total. The van der Waals surface area contributed by atoms with Gasteiger partial charge in [-0.1, -0.05) is 28.1 Å². The van der Waals surface area contributed by atoms with E-state index in [2.05, 4.69) is 15.9 Å². The number of nitrogen functional groups attached to an aromatic ring is 1. The molecule has 0 radical (unpaired) electrons. The quantitative estimate of drug-likeness (QED) is 0.873. The molecule has 94 valence electrons. The largest absolute Gasteiger partial charge is 0.486 e. The second-order valence-corrected chi connectivity index (χ2v) is 4.63. The summed E-state index contributed by atoms with van der Waals surface area (Å²) >= 11 is 3.31. The van der Waals surface area contributed by atoms with Gasteiger partial charge in [0.15, 0.2) is 11.6 Å². The van der Waals surface area contributed by atoms with Crippen molar-refractivity contribution in [3.05, 3.63) is 58.1 Å². The van der Waals surface area contributed by atoms with Crippen molar-refractivity contribution < 1.29 is 13.5 Å². The van der Waals surface area contributed by atoms with Crippen molar-refractivity contribution >= 4 is 21.6 Å². The first kappa shape index (κ1) is 12.8. The minimum Gasteiger partial charge on any atom is -0.486 e. The maximum Gasteiger partial charge on any atom is 0.167 e. The zero-order valence-electron chi connectivity index (χ0n) is 9.29. The molecule has 0 saturated carbocycles. The number of benzene rings is 2. The van der Waals surface area contributed by atoms with Crippen molar-refractivity contribution in [3.63, 3.8) is 0 Å². The van der Waals surface area contributed by atoms with Gasteiger partial charge in [-0.15, -0.1) is 0 Å². The fourth-order valence-corrected chi connectivity index (χ4v) is 1.66. The maximum absolute atomic E-state index is 13.4. The Balaban J connectivity index is 2.10. The fourth-order valence-electron chi connectivity index (χ4n) is 1.40. The lowest BCUT2D eigenvalue weighted by atomic mass is 10.2. The molecule has 0 saturated heterocycles. The van der Waals surface area contributed by atoms with E-state index < -0.39 is 11.6 Å². The van der Waals surface area contributed by atoms with E-state index >= 15 is 0 Å². The Morgan fingerprint density at radius 3 is 2.39 bits per heavy atom. The van der Waals surface area contributed by atoms with Gasteiger partial charge in [0, 0.05) is 16.6 Å². The predicted octanol–water partition coefficient (Wildman–Crippen LogP) is 3.89. The molecule has 0 unspecified atom stereocenters. The van der Waals surface area contributed by atoms with Crippen LogP contribution in [-0.4, -0.2) is 0 Å². The Morgan fingerprint density at radius 2 is 1.72 bits per heavy atom. The summed E-state index contributed by atoms with van der Waals surface area (Å²) in [6.07, 6.45) is 0. The van der Waals surface area contributed by atoms with Crippen LogP contribution < -0.4 is 10.5 Å². The highest BCUT2D eigenvalue weighted by molar-refractivity contribution is 9.10. The molecule has 2 N–H and O–H groups in total. The molecule has 18 heavy (non-hydrogen) atoms. The average Bonchev–Trinajstić information content (AvgIpc) is 2.34. The van der Waals surface area contributed by atoms with E-state index in [1.807, 2.05) is 24.3 Å². The van der Waals surface area contributed by atoms with E-state index in [0.29, 0.717) is 0 Å². The molecule has 0 heterocycles. The fraction of sp³-hybridized carbons (Fsp3) is 0.0769. The molecule has 0 fully saturated rings. The van der Waals surface area contributed by atoms with E-state index in [9.17, 15) is 8.78 Å². The summed E-state index contributed by atoms with van der Waals surface area (Å²) in [4.78, 5) is 0. The third kappa shape index (κ3) is 2.98. The molecule has 2 aromatic carbocycles. The zero-order valence-corrected chi connectivity index (χ0v) is 10.9. The Bertz CT molecular complexity index is 558. The minimum atomic E-state index is -0.692. The summed E-state index contributed by atoms with van der Waals surface area (Å²) < 4.78 is 32.7. The highest BCUT2D eigenvalue weighted by Crippen LogP contribution is 2.24. The minimum absolute atomic E-state index is 0.149. The molecule has 0 aliphatic carbocycles. The Labute approximate surface area is 112 Å². The molecule has 2 aromatic rings. The van der Waals surface area contributed by atoms with Gasteiger partial charge in [0.2, 0.25) is 0 Å². The normalized spacial score (nSPS) is 10.4. The molecule has 0 aliphatic heterocycles. The number of hydrogen-bond acceptors (Lipinski definition) is 2. The molecule has 5 heteroatoms. The van der Waals surface area contributed by atoms with Gasteiger partial charge in [-0.25, -0.2) is 8.78 Å². The van der Waals surface area contributed by atoms with Crippen molar-refractivity contribution in [2.24, 2.45) is 0 Å². The predicted molar refractivity (Wildman–Crippen MR) is 69.2 cm³/mol. The summed E-state index contributed by atoms with van der Waals surface area (Å²) in [6, 6.07) is 9.21. The topological polar surface area (TPSA) is 35.2 Å². The smallest absolute Gasteiger partial charge is 0.167 e. The lowest BCUT2D eigenvalue weighted by Crippen LogP contribution is -2.00. The molecule has 0 aliphatic rings. The molecule has 0 amide bonds. The monoisotopic (exact) mass is 313 g/mol. The van der Waals surface area contributed by atoms with Gasteiger partial charge >= 0.3 is 0 Å². The van der Waals surface area contributed by atoms with Gasteiger partial charge in [0.25, 0.3) is 0 Å². The number of hydrogen-bond donors (Lipinski definition) is 1. The summed E-state index contributed by atoms with van der Waals surface area (Å²) in [5.74, 6) is -1.52. The van der Waals surface area contributed by atoms with Crippen LogP contribution in [0, 0.1) is 11.6 Å². The summed E-state index contributed by atoms with van der Waals surface area (Å²) in [5, 5.41) is 0. The molecular weight excluding hydrogens is 304 g/mol. The number of nitrogens with two attached hydrogens (primary N) is 1. The molecule has 0 spiro atoms. The highest BCUT2D eigenvalue weighted by atomic mass is 79.9. The van der Waals surface area contributed by atoms with Crippen molar-refractivity contribution in [1.29, 1.82) is 0 Å². The van der Waals surface area contributed by atoms with Gasteiger partial charge < -0.3 is 10.5 Å². The summed E-state index contributed by atoms with van der Waals surface area (Å²) in [7, 11) is 0. The summed E-state index contributed by atoms with van der Waals surface area (Å²) in [5.41, 5.74) is 5.86. The molecular formula is C13H10BrF2NO. The van der Waals surface area contributed by atoms with Crippen LogP contribution in [0.25, 0.3) is 0 Å². The Hall–Kier alpha value is -1.62. The second kappa shape index (κ2) is 5.35. The van der Waals surface area contributed by atoms with Crippen molar-refractivity contribution in [2.45, 2.75) is 6.61 Å². The van der Waals surface area contributed by atoms with E-state index in [1.165, 1.54) is 0 Å². The molecule has 0 atom stereocenters. The second-order valence-electron chi connectivity index (χ2n) is 3.72. The van der Waals surface area contributed by atoms with Gasteiger partial charge in [-0.05, 0) is 17.7 Å². The first-order chi connectivity index (χ1) is 8.56. The van der Waals surface area contributed by atoms with Crippen LogP contribution in [0.15, 0.2) is 40.9 Å². The van der Waals surface area contributed by atoms with Crippen molar-refractivity contribution in [3.8, 4) is 5.75 Å².